The van der Waals surface area contributed by atoms with Gasteiger partial charge >= 0.3 is 0 Å². The Morgan fingerprint density at radius 2 is 1.75 bits per heavy atom. The molecular formula is C18H14ClNO3S. The Morgan fingerprint density at radius 1 is 1.00 bits per heavy atom. The minimum atomic E-state index is -3.91. The van der Waals surface area contributed by atoms with Crippen LogP contribution < -0.4 is 4.72 Å². The lowest BCUT2D eigenvalue weighted by Crippen LogP contribution is -2.14. The Labute approximate surface area is 145 Å². The largest absolute Gasteiger partial charge is 0.295 e. The average molecular weight is 360 g/mol. The number of hydrogen-bond acceptors (Lipinski definition) is 3. The van der Waals surface area contributed by atoms with Crippen LogP contribution in [0.1, 0.15) is 17.3 Å². The topological polar surface area (TPSA) is 63.2 Å². The molecule has 0 unspecified atom stereocenters. The number of rotatable bonds is 4. The van der Waals surface area contributed by atoms with Gasteiger partial charge in [-0.25, -0.2) is 8.42 Å². The van der Waals surface area contributed by atoms with Gasteiger partial charge in [0.25, 0.3) is 10.0 Å². The van der Waals surface area contributed by atoms with Crippen molar-refractivity contribution in [3.63, 3.8) is 0 Å². The van der Waals surface area contributed by atoms with Crippen LogP contribution in [-0.2, 0) is 10.0 Å². The van der Waals surface area contributed by atoms with Crippen LogP contribution >= 0.6 is 11.6 Å². The molecule has 0 aliphatic rings. The van der Waals surface area contributed by atoms with E-state index in [1.807, 2.05) is 12.1 Å². The van der Waals surface area contributed by atoms with Gasteiger partial charge in [-0.15, -0.1) is 0 Å². The van der Waals surface area contributed by atoms with Gasteiger partial charge in [-0.1, -0.05) is 54.1 Å². The molecule has 0 aromatic heterocycles. The van der Waals surface area contributed by atoms with Gasteiger partial charge < -0.3 is 0 Å². The normalized spacial score (nSPS) is 11.4. The van der Waals surface area contributed by atoms with E-state index < -0.39 is 10.0 Å². The van der Waals surface area contributed by atoms with Gasteiger partial charge in [0.05, 0.1) is 5.02 Å². The fourth-order valence-corrected chi connectivity index (χ4v) is 4.31. The number of halogens is 1. The van der Waals surface area contributed by atoms with Gasteiger partial charge in [-0.2, -0.15) is 0 Å². The fraction of sp³-hybridized carbons (Fsp3) is 0.0556. The molecule has 3 aromatic rings. The Morgan fingerprint density at radius 3 is 2.50 bits per heavy atom. The standard InChI is InChI=1S/C18H14ClNO3S/c1-12(21)14-6-4-7-15(11-14)20-24(22,23)18-16-8-3-2-5-13(16)9-10-17(18)19/h2-11,20H,1H3. The van der Waals surface area contributed by atoms with Crippen molar-refractivity contribution in [2.75, 3.05) is 4.72 Å². The Hall–Kier alpha value is -2.37. The van der Waals surface area contributed by atoms with Crippen molar-refractivity contribution in [1.82, 2.24) is 0 Å². The zero-order valence-electron chi connectivity index (χ0n) is 12.8. The number of carbonyl (C=O) groups excluding carboxylic acids is 1. The van der Waals surface area contributed by atoms with Crippen molar-refractivity contribution in [3.05, 3.63) is 71.2 Å². The first kappa shape index (κ1) is 16.5. The lowest BCUT2D eigenvalue weighted by molar-refractivity contribution is 0.101. The third kappa shape index (κ3) is 3.13. The van der Waals surface area contributed by atoms with E-state index in [0.717, 1.165) is 5.39 Å². The van der Waals surface area contributed by atoms with Crippen LogP contribution in [0.5, 0.6) is 0 Å². The number of anilines is 1. The molecule has 0 saturated carbocycles. The van der Waals surface area contributed by atoms with Gasteiger partial charge in [-0.05, 0) is 30.5 Å². The summed E-state index contributed by atoms with van der Waals surface area (Å²) in [6, 6.07) is 16.8. The maximum absolute atomic E-state index is 12.8. The third-order valence-corrected chi connectivity index (χ3v) is 5.53. The van der Waals surface area contributed by atoms with Crippen LogP contribution in [-0.4, -0.2) is 14.2 Å². The average Bonchev–Trinajstić information content (AvgIpc) is 2.54. The van der Waals surface area contributed by atoms with Crippen LogP contribution in [0, 0.1) is 0 Å². The second kappa shape index (κ2) is 6.26. The molecule has 3 rings (SSSR count). The Kier molecular flexibility index (Phi) is 4.30. The minimum absolute atomic E-state index is 0.0236. The molecule has 0 heterocycles. The van der Waals surface area contributed by atoms with Crippen molar-refractivity contribution in [3.8, 4) is 0 Å². The summed E-state index contributed by atoms with van der Waals surface area (Å²) in [5.41, 5.74) is 0.742. The zero-order valence-corrected chi connectivity index (χ0v) is 14.4. The van der Waals surface area contributed by atoms with Crippen LogP contribution in [0.15, 0.2) is 65.6 Å². The van der Waals surface area contributed by atoms with Gasteiger partial charge in [0, 0.05) is 16.6 Å². The van der Waals surface area contributed by atoms with Crippen molar-refractivity contribution in [2.45, 2.75) is 11.8 Å². The molecule has 1 N–H and O–H groups in total. The third-order valence-electron chi connectivity index (χ3n) is 3.62. The monoisotopic (exact) mass is 359 g/mol. The fourth-order valence-electron chi connectivity index (χ4n) is 2.50. The van der Waals surface area contributed by atoms with Crippen molar-refractivity contribution in [1.29, 1.82) is 0 Å². The number of hydrogen-bond donors (Lipinski definition) is 1. The molecule has 0 amide bonds. The first-order valence-electron chi connectivity index (χ1n) is 7.19. The molecule has 0 aliphatic carbocycles. The summed E-state index contributed by atoms with van der Waals surface area (Å²) in [5.74, 6) is -0.140. The number of carbonyl (C=O) groups is 1. The molecule has 3 aromatic carbocycles. The maximum atomic E-state index is 12.8. The summed E-state index contributed by atoms with van der Waals surface area (Å²) in [5, 5.41) is 1.46. The highest BCUT2D eigenvalue weighted by atomic mass is 35.5. The Bertz CT molecular complexity index is 1050. The van der Waals surface area contributed by atoms with Crippen LogP contribution in [0.3, 0.4) is 0 Å². The number of nitrogens with one attached hydrogen (secondary N) is 1. The van der Waals surface area contributed by atoms with Gasteiger partial charge in [0.2, 0.25) is 0 Å². The molecule has 6 heteroatoms. The van der Waals surface area contributed by atoms with E-state index in [1.54, 1.807) is 42.5 Å². The number of benzene rings is 3. The molecule has 4 nitrogen and oxygen atoms in total. The lowest BCUT2D eigenvalue weighted by Gasteiger charge is -2.12. The molecule has 0 atom stereocenters. The summed E-state index contributed by atoms with van der Waals surface area (Å²) >= 11 is 6.16. The molecule has 24 heavy (non-hydrogen) atoms. The first-order valence-corrected chi connectivity index (χ1v) is 9.06. The number of fused-ring (bicyclic) bond motifs is 1. The quantitative estimate of drug-likeness (QED) is 0.698. The molecule has 0 spiro atoms. The molecule has 0 fully saturated rings. The van der Waals surface area contributed by atoms with Gasteiger partial charge in [0.15, 0.2) is 5.78 Å². The summed E-state index contributed by atoms with van der Waals surface area (Å²) in [6.07, 6.45) is 0. The van der Waals surface area contributed by atoms with Crippen molar-refractivity contribution in [2.24, 2.45) is 0 Å². The van der Waals surface area contributed by atoms with Crippen molar-refractivity contribution >= 4 is 43.9 Å². The highest BCUT2D eigenvalue weighted by Gasteiger charge is 2.21. The highest BCUT2D eigenvalue weighted by molar-refractivity contribution is 7.93. The molecule has 0 radical (unpaired) electrons. The van der Waals surface area contributed by atoms with E-state index in [2.05, 4.69) is 4.72 Å². The molecule has 0 bridgehead atoms. The Balaban J connectivity index is 2.11. The summed E-state index contributed by atoms with van der Waals surface area (Å²) in [6.45, 7) is 1.43. The van der Waals surface area contributed by atoms with E-state index in [-0.39, 0.29) is 15.7 Å². The van der Waals surface area contributed by atoms with Crippen LogP contribution in [0.4, 0.5) is 5.69 Å². The molecule has 0 saturated heterocycles. The summed E-state index contributed by atoms with van der Waals surface area (Å²) < 4.78 is 28.2. The summed E-state index contributed by atoms with van der Waals surface area (Å²) in [7, 11) is -3.91. The van der Waals surface area contributed by atoms with E-state index in [4.69, 9.17) is 11.6 Å². The summed E-state index contributed by atoms with van der Waals surface area (Å²) in [4.78, 5) is 11.5. The lowest BCUT2D eigenvalue weighted by atomic mass is 10.1. The predicted octanol–water partition coefficient (Wildman–Crippen LogP) is 4.50. The smallest absolute Gasteiger partial charge is 0.264 e. The van der Waals surface area contributed by atoms with E-state index in [0.29, 0.717) is 16.6 Å². The molecule has 122 valence electrons. The van der Waals surface area contributed by atoms with E-state index >= 15 is 0 Å². The number of Topliss-reactive ketones (excluding diaryl/α,β-unsaturated/α-hetero) is 1. The zero-order chi connectivity index (χ0) is 17.3. The first-order chi connectivity index (χ1) is 11.4. The van der Waals surface area contributed by atoms with Gasteiger partial charge in [0.1, 0.15) is 4.90 Å². The van der Waals surface area contributed by atoms with E-state index in [1.165, 1.54) is 13.0 Å². The van der Waals surface area contributed by atoms with Crippen LogP contribution in [0.2, 0.25) is 5.02 Å². The maximum Gasteiger partial charge on any atom is 0.264 e. The van der Waals surface area contributed by atoms with Gasteiger partial charge in [-0.3, -0.25) is 9.52 Å². The van der Waals surface area contributed by atoms with E-state index in [9.17, 15) is 13.2 Å². The SMILES string of the molecule is CC(=O)c1cccc(NS(=O)(=O)c2c(Cl)ccc3ccccc23)c1. The predicted molar refractivity (Wildman–Crippen MR) is 96.2 cm³/mol. The minimum Gasteiger partial charge on any atom is -0.295 e. The van der Waals surface area contributed by atoms with Crippen LogP contribution in [0.25, 0.3) is 10.8 Å². The second-order valence-electron chi connectivity index (χ2n) is 5.34. The number of ketones is 1. The highest BCUT2D eigenvalue weighted by Crippen LogP contribution is 2.31. The number of sulfonamides is 1. The second-order valence-corrected chi connectivity index (χ2v) is 7.37. The molecule has 0 aliphatic heterocycles. The van der Waals surface area contributed by atoms with Crippen molar-refractivity contribution < 1.29 is 13.2 Å². The molecular weight excluding hydrogens is 346 g/mol.